The average molecular weight is 380 g/mol. The summed E-state index contributed by atoms with van der Waals surface area (Å²) in [5.74, 6) is 0.789. The van der Waals surface area contributed by atoms with Gasteiger partial charge in [0.1, 0.15) is 5.82 Å². The first-order valence-electron chi connectivity index (χ1n) is 8.10. The summed E-state index contributed by atoms with van der Waals surface area (Å²) in [6.07, 6.45) is 1.95. The van der Waals surface area contributed by atoms with Crippen LogP contribution in [0.3, 0.4) is 0 Å². The van der Waals surface area contributed by atoms with Crippen molar-refractivity contribution in [2.75, 3.05) is 31.1 Å². The summed E-state index contributed by atoms with van der Waals surface area (Å²) in [6.45, 7) is 2.49. The first-order valence-corrected chi connectivity index (χ1v) is 8.85. The lowest BCUT2D eigenvalue weighted by molar-refractivity contribution is -0.130. The van der Waals surface area contributed by atoms with Gasteiger partial charge in [-0.2, -0.15) is 0 Å². The van der Waals surface area contributed by atoms with Gasteiger partial charge in [-0.25, -0.2) is 4.98 Å². The van der Waals surface area contributed by atoms with Crippen molar-refractivity contribution in [3.63, 3.8) is 0 Å². The molecule has 5 nitrogen and oxygen atoms in total. The number of hydrogen-bond acceptors (Lipinski definition) is 4. The standard InChI is InChI=1S/C18H19Cl2N3O2/c19-15-4-3-13(12-24)14(10-15)11-17(25)22-6-8-23(9-7-22)18-16(20)2-1-5-21-18/h1-5,10,24H,6-9,11-12H2. The van der Waals surface area contributed by atoms with E-state index in [4.69, 9.17) is 23.2 Å². The number of nitrogens with zero attached hydrogens (tertiary/aromatic N) is 3. The van der Waals surface area contributed by atoms with Gasteiger partial charge >= 0.3 is 0 Å². The van der Waals surface area contributed by atoms with Crippen LogP contribution in [0, 0.1) is 0 Å². The fourth-order valence-corrected chi connectivity index (χ4v) is 3.40. The van der Waals surface area contributed by atoms with Crippen molar-refractivity contribution in [2.45, 2.75) is 13.0 Å². The van der Waals surface area contributed by atoms with Crippen LogP contribution in [0.5, 0.6) is 0 Å². The van der Waals surface area contributed by atoms with Gasteiger partial charge < -0.3 is 14.9 Å². The third-order valence-electron chi connectivity index (χ3n) is 4.35. The van der Waals surface area contributed by atoms with Crippen LogP contribution < -0.4 is 4.90 Å². The van der Waals surface area contributed by atoms with E-state index in [2.05, 4.69) is 9.88 Å². The van der Waals surface area contributed by atoms with Crippen molar-refractivity contribution in [3.05, 3.63) is 57.7 Å². The molecule has 2 aromatic rings. The number of benzene rings is 1. The molecule has 1 aliphatic heterocycles. The van der Waals surface area contributed by atoms with E-state index in [1.807, 2.05) is 11.0 Å². The quantitative estimate of drug-likeness (QED) is 0.887. The largest absolute Gasteiger partial charge is 0.392 e. The molecule has 3 rings (SSSR count). The molecule has 0 radical (unpaired) electrons. The fourth-order valence-electron chi connectivity index (χ4n) is 2.97. The highest BCUT2D eigenvalue weighted by Crippen LogP contribution is 2.24. The predicted octanol–water partition coefficient (Wildman–Crippen LogP) is 2.77. The molecule has 1 aromatic heterocycles. The van der Waals surface area contributed by atoms with Gasteiger partial charge in [-0.1, -0.05) is 29.3 Å². The summed E-state index contributed by atoms with van der Waals surface area (Å²) >= 11 is 12.2. The molecule has 25 heavy (non-hydrogen) atoms. The summed E-state index contributed by atoms with van der Waals surface area (Å²) in [5.41, 5.74) is 1.51. The third-order valence-corrected chi connectivity index (χ3v) is 4.88. The maximum absolute atomic E-state index is 12.6. The zero-order valence-electron chi connectivity index (χ0n) is 13.7. The van der Waals surface area contributed by atoms with E-state index >= 15 is 0 Å². The number of hydrogen-bond donors (Lipinski definition) is 1. The lowest BCUT2D eigenvalue weighted by Crippen LogP contribution is -2.49. The minimum absolute atomic E-state index is 0.0312. The van der Waals surface area contributed by atoms with E-state index < -0.39 is 0 Å². The number of rotatable bonds is 4. The number of aromatic nitrogens is 1. The number of pyridine rings is 1. The summed E-state index contributed by atoms with van der Waals surface area (Å²) in [5, 5.41) is 10.6. The van der Waals surface area contributed by atoms with Gasteiger partial charge in [-0.3, -0.25) is 4.79 Å². The molecule has 1 N–H and O–H groups in total. The number of aliphatic hydroxyl groups excluding tert-OH is 1. The number of halogens is 2. The molecule has 7 heteroatoms. The van der Waals surface area contributed by atoms with E-state index in [9.17, 15) is 9.90 Å². The lowest BCUT2D eigenvalue weighted by atomic mass is 10.0. The van der Waals surface area contributed by atoms with E-state index in [0.29, 0.717) is 36.2 Å². The Hall–Kier alpha value is -1.82. The highest BCUT2D eigenvalue weighted by atomic mass is 35.5. The van der Waals surface area contributed by atoms with Crippen molar-refractivity contribution in [1.29, 1.82) is 0 Å². The summed E-state index contributed by atoms with van der Waals surface area (Å²) in [6, 6.07) is 8.84. The average Bonchev–Trinajstić information content (AvgIpc) is 2.62. The van der Waals surface area contributed by atoms with Crippen molar-refractivity contribution in [3.8, 4) is 0 Å². The third kappa shape index (κ3) is 4.24. The molecule has 0 spiro atoms. The molecule has 0 atom stereocenters. The molecule has 1 aromatic carbocycles. The lowest BCUT2D eigenvalue weighted by Gasteiger charge is -2.35. The molecule has 0 unspecified atom stereocenters. The van der Waals surface area contributed by atoms with Gasteiger partial charge in [0.2, 0.25) is 5.91 Å². The van der Waals surface area contributed by atoms with Gasteiger partial charge in [0.05, 0.1) is 18.1 Å². The topological polar surface area (TPSA) is 56.7 Å². The molecule has 1 aliphatic rings. The van der Waals surface area contributed by atoms with Crippen molar-refractivity contribution in [2.24, 2.45) is 0 Å². The number of aliphatic hydroxyl groups is 1. The van der Waals surface area contributed by atoms with Crippen LogP contribution in [0.4, 0.5) is 5.82 Å². The van der Waals surface area contributed by atoms with E-state index in [-0.39, 0.29) is 18.9 Å². The van der Waals surface area contributed by atoms with Crippen LogP contribution in [0.15, 0.2) is 36.5 Å². The Morgan fingerprint density at radius 2 is 1.88 bits per heavy atom. The van der Waals surface area contributed by atoms with Gasteiger partial charge in [0.25, 0.3) is 0 Å². The molecule has 0 saturated carbocycles. The molecule has 1 saturated heterocycles. The Morgan fingerprint density at radius 1 is 1.12 bits per heavy atom. The van der Waals surface area contributed by atoms with Gasteiger partial charge in [-0.15, -0.1) is 0 Å². The van der Waals surface area contributed by atoms with Gasteiger partial charge in [0, 0.05) is 37.4 Å². The second-order valence-corrected chi connectivity index (χ2v) is 6.77. The molecule has 1 fully saturated rings. The Morgan fingerprint density at radius 3 is 2.56 bits per heavy atom. The van der Waals surface area contributed by atoms with Crippen LogP contribution in [-0.2, 0) is 17.8 Å². The molecular formula is C18H19Cl2N3O2. The predicted molar refractivity (Wildman–Crippen MR) is 99.1 cm³/mol. The maximum atomic E-state index is 12.6. The van der Waals surface area contributed by atoms with Gasteiger partial charge in [0.15, 0.2) is 0 Å². The first-order chi connectivity index (χ1) is 12.1. The van der Waals surface area contributed by atoms with Crippen LogP contribution in [0.2, 0.25) is 10.0 Å². The summed E-state index contributed by atoms with van der Waals surface area (Å²) in [4.78, 5) is 20.8. The SMILES string of the molecule is O=C(Cc1cc(Cl)ccc1CO)N1CCN(c2ncccc2Cl)CC1. The highest BCUT2D eigenvalue weighted by Gasteiger charge is 2.23. The van der Waals surface area contributed by atoms with E-state index in [1.54, 1.807) is 30.5 Å². The minimum atomic E-state index is -0.105. The fraction of sp³-hybridized carbons (Fsp3) is 0.333. The second kappa shape index (κ2) is 8.04. The second-order valence-electron chi connectivity index (χ2n) is 5.92. The van der Waals surface area contributed by atoms with Crippen molar-refractivity contribution >= 4 is 34.9 Å². The number of amides is 1. The smallest absolute Gasteiger partial charge is 0.227 e. The Kier molecular flexibility index (Phi) is 5.78. The van der Waals surface area contributed by atoms with E-state index in [1.165, 1.54) is 0 Å². The first kappa shape index (κ1) is 18.0. The van der Waals surface area contributed by atoms with Gasteiger partial charge in [-0.05, 0) is 35.4 Å². The van der Waals surface area contributed by atoms with Crippen LogP contribution in [0.25, 0.3) is 0 Å². The molecule has 2 heterocycles. The molecule has 1 amide bonds. The minimum Gasteiger partial charge on any atom is -0.392 e. The molecular weight excluding hydrogens is 361 g/mol. The van der Waals surface area contributed by atoms with Crippen molar-refractivity contribution < 1.29 is 9.90 Å². The van der Waals surface area contributed by atoms with Crippen molar-refractivity contribution in [1.82, 2.24) is 9.88 Å². The van der Waals surface area contributed by atoms with Crippen LogP contribution in [-0.4, -0.2) is 47.1 Å². The Balaban J connectivity index is 1.62. The Bertz CT molecular complexity index is 762. The summed E-state index contributed by atoms with van der Waals surface area (Å²) in [7, 11) is 0. The monoisotopic (exact) mass is 379 g/mol. The zero-order chi connectivity index (χ0) is 17.8. The molecule has 0 aliphatic carbocycles. The number of carbonyl (C=O) groups excluding carboxylic acids is 1. The van der Waals surface area contributed by atoms with Crippen LogP contribution in [0.1, 0.15) is 11.1 Å². The normalized spacial score (nSPS) is 14.7. The zero-order valence-corrected chi connectivity index (χ0v) is 15.2. The highest BCUT2D eigenvalue weighted by molar-refractivity contribution is 6.33. The van der Waals surface area contributed by atoms with Crippen LogP contribution >= 0.6 is 23.2 Å². The summed E-state index contributed by atoms with van der Waals surface area (Å²) < 4.78 is 0. The van der Waals surface area contributed by atoms with E-state index in [0.717, 1.165) is 16.9 Å². The maximum Gasteiger partial charge on any atom is 0.227 e. The number of piperazine rings is 1. The number of carbonyl (C=O) groups is 1. The number of anilines is 1. The molecule has 0 bridgehead atoms. The molecule has 132 valence electrons. The Labute approximate surface area is 156 Å².